The van der Waals surface area contributed by atoms with Gasteiger partial charge in [-0.15, -0.1) is 0 Å². The van der Waals surface area contributed by atoms with E-state index >= 15 is 0 Å². The Morgan fingerprint density at radius 1 is 1.04 bits per heavy atom. The molecule has 0 heterocycles. The Balaban J connectivity index is 4.59. The summed E-state index contributed by atoms with van der Waals surface area (Å²) in [7, 11) is 0. The Hall–Kier alpha value is -2.31. The van der Waals surface area contributed by atoms with E-state index in [-0.39, 0.29) is 19.1 Å². The molecule has 136 valence electrons. The Morgan fingerprint density at radius 2 is 1.67 bits per heavy atom. The average molecular weight is 340 g/mol. The smallest absolute Gasteiger partial charge is 0.408 e. The summed E-state index contributed by atoms with van der Waals surface area (Å²) in [5.41, 5.74) is 1.03. The maximum atomic E-state index is 12.3. The van der Waals surface area contributed by atoms with Gasteiger partial charge in [0.15, 0.2) is 0 Å². The lowest BCUT2D eigenvalue weighted by Crippen LogP contribution is -2.53. The SMILES string of the molecule is C=CCOC(=O)N[C@H](C(=O)N[C@@H](C)C(=O)OCC=C(C)C)C(C)C. The van der Waals surface area contributed by atoms with Crippen LogP contribution < -0.4 is 10.6 Å². The predicted molar refractivity (Wildman–Crippen MR) is 91.3 cm³/mol. The number of alkyl carbamates (subject to hydrolysis) is 1. The fourth-order valence-corrected chi connectivity index (χ4v) is 1.62. The maximum Gasteiger partial charge on any atom is 0.408 e. The molecule has 0 aromatic rings. The molecule has 0 aliphatic heterocycles. The van der Waals surface area contributed by atoms with E-state index in [1.165, 1.54) is 13.0 Å². The topological polar surface area (TPSA) is 93.7 Å². The summed E-state index contributed by atoms with van der Waals surface area (Å²) in [5, 5.41) is 5.01. The van der Waals surface area contributed by atoms with Gasteiger partial charge in [-0.3, -0.25) is 4.79 Å². The standard InChI is InChI=1S/C17H28N2O5/c1-7-9-24-17(22)19-14(12(4)5)15(20)18-13(6)16(21)23-10-8-11(2)3/h7-8,12-14H,1,9-10H2,2-6H3,(H,18,20)(H,19,22)/t13-,14-/m0/s1. The number of esters is 1. The molecule has 2 amide bonds. The Labute approximate surface area is 143 Å². The van der Waals surface area contributed by atoms with Crippen LogP contribution in [0.5, 0.6) is 0 Å². The molecule has 0 radical (unpaired) electrons. The van der Waals surface area contributed by atoms with Crippen LogP contribution in [-0.2, 0) is 19.1 Å². The van der Waals surface area contributed by atoms with Crippen LogP contribution in [0, 0.1) is 5.92 Å². The lowest BCUT2D eigenvalue weighted by molar-refractivity contribution is -0.146. The highest BCUT2D eigenvalue weighted by atomic mass is 16.5. The molecule has 0 saturated carbocycles. The molecule has 0 aliphatic carbocycles. The van der Waals surface area contributed by atoms with E-state index in [0.29, 0.717) is 0 Å². The van der Waals surface area contributed by atoms with Gasteiger partial charge in [-0.2, -0.15) is 0 Å². The molecule has 7 heteroatoms. The van der Waals surface area contributed by atoms with E-state index in [4.69, 9.17) is 9.47 Å². The van der Waals surface area contributed by atoms with Crippen molar-refractivity contribution in [3.63, 3.8) is 0 Å². The van der Waals surface area contributed by atoms with Crippen LogP contribution >= 0.6 is 0 Å². The van der Waals surface area contributed by atoms with Crippen molar-refractivity contribution in [1.29, 1.82) is 0 Å². The molecule has 2 atom stereocenters. The van der Waals surface area contributed by atoms with Crippen LogP contribution in [0.15, 0.2) is 24.3 Å². The van der Waals surface area contributed by atoms with Crippen molar-refractivity contribution in [1.82, 2.24) is 10.6 Å². The first-order valence-corrected chi connectivity index (χ1v) is 7.83. The summed E-state index contributed by atoms with van der Waals surface area (Å²) in [4.78, 5) is 35.7. The second-order valence-corrected chi connectivity index (χ2v) is 5.89. The molecule has 0 fully saturated rings. The second kappa shape index (κ2) is 11.3. The third-order valence-corrected chi connectivity index (χ3v) is 2.98. The van der Waals surface area contributed by atoms with Gasteiger partial charge >= 0.3 is 12.1 Å². The van der Waals surface area contributed by atoms with Gasteiger partial charge in [0.2, 0.25) is 5.91 Å². The normalized spacial score (nSPS) is 12.6. The van der Waals surface area contributed by atoms with E-state index < -0.39 is 30.1 Å². The van der Waals surface area contributed by atoms with Crippen LogP contribution in [0.3, 0.4) is 0 Å². The van der Waals surface area contributed by atoms with Crippen LogP contribution in [0.1, 0.15) is 34.6 Å². The van der Waals surface area contributed by atoms with Crippen molar-refractivity contribution in [3.05, 3.63) is 24.3 Å². The van der Waals surface area contributed by atoms with Crippen molar-refractivity contribution in [2.75, 3.05) is 13.2 Å². The Morgan fingerprint density at radius 3 is 2.17 bits per heavy atom. The van der Waals surface area contributed by atoms with E-state index in [2.05, 4.69) is 17.2 Å². The number of amides is 2. The Kier molecular flexibility index (Phi) is 10.2. The van der Waals surface area contributed by atoms with E-state index in [1.807, 2.05) is 13.8 Å². The predicted octanol–water partition coefficient (Wildman–Crippen LogP) is 1.94. The number of allylic oxidation sites excluding steroid dienone is 1. The van der Waals surface area contributed by atoms with Crippen LogP contribution in [0.2, 0.25) is 0 Å². The van der Waals surface area contributed by atoms with Crippen molar-refractivity contribution in [2.24, 2.45) is 5.92 Å². The summed E-state index contributed by atoms with van der Waals surface area (Å²) in [5.74, 6) is -1.21. The van der Waals surface area contributed by atoms with E-state index in [9.17, 15) is 14.4 Å². The highest BCUT2D eigenvalue weighted by Crippen LogP contribution is 2.04. The molecule has 24 heavy (non-hydrogen) atoms. The number of carbonyl (C=O) groups is 3. The lowest BCUT2D eigenvalue weighted by Gasteiger charge is -2.23. The van der Waals surface area contributed by atoms with Gasteiger partial charge in [-0.1, -0.05) is 32.1 Å². The molecule has 0 unspecified atom stereocenters. The summed E-state index contributed by atoms with van der Waals surface area (Å²) in [6, 6.07) is -1.65. The molecule has 2 N–H and O–H groups in total. The zero-order valence-corrected chi connectivity index (χ0v) is 15.0. The molecular formula is C17H28N2O5. The first-order valence-electron chi connectivity index (χ1n) is 7.83. The van der Waals surface area contributed by atoms with Crippen LogP contribution in [0.25, 0.3) is 0 Å². The van der Waals surface area contributed by atoms with Crippen LogP contribution in [0.4, 0.5) is 4.79 Å². The summed E-state index contributed by atoms with van der Waals surface area (Å²) in [6.07, 6.45) is 2.47. The molecule has 0 bridgehead atoms. The number of hydrogen-bond acceptors (Lipinski definition) is 5. The molecule has 7 nitrogen and oxygen atoms in total. The quantitative estimate of drug-likeness (QED) is 0.494. The van der Waals surface area contributed by atoms with Gasteiger partial charge in [0.25, 0.3) is 0 Å². The summed E-state index contributed by atoms with van der Waals surface area (Å²) in [6.45, 7) is 12.5. The first kappa shape index (κ1) is 21.7. The van der Waals surface area contributed by atoms with Crippen molar-refractivity contribution in [2.45, 2.75) is 46.7 Å². The van der Waals surface area contributed by atoms with Crippen LogP contribution in [-0.4, -0.2) is 43.3 Å². The van der Waals surface area contributed by atoms with Crippen molar-refractivity contribution < 1.29 is 23.9 Å². The van der Waals surface area contributed by atoms with Crippen molar-refractivity contribution >= 4 is 18.0 Å². The number of hydrogen-bond donors (Lipinski definition) is 2. The van der Waals surface area contributed by atoms with Gasteiger partial charge in [0, 0.05) is 0 Å². The summed E-state index contributed by atoms with van der Waals surface area (Å²) < 4.78 is 9.84. The minimum absolute atomic E-state index is 0.0470. The second-order valence-electron chi connectivity index (χ2n) is 5.89. The number of nitrogens with one attached hydrogen (secondary N) is 2. The molecule has 0 rings (SSSR count). The van der Waals surface area contributed by atoms with E-state index in [1.54, 1.807) is 19.9 Å². The zero-order valence-electron chi connectivity index (χ0n) is 15.0. The van der Waals surface area contributed by atoms with Gasteiger partial charge in [-0.05, 0) is 32.8 Å². The minimum Gasteiger partial charge on any atom is -0.460 e. The molecule has 0 spiro atoms. The van der Waals surface area contributed by atoms with Gasteiger partial charge in [0.05, 0.1) is 0 Å². The first-order chi connectivity index (χ1) is 11.2. The lowest BCUT2D eigenvalue weighted by atomic mass is 10.0. The molecule has 0 aromatic carbocycles. The fraction of sp³-hybridized carbons (Fsp3) is 0.588. The molecule has 0 aliphatic rings. The third-order valence-electron chi connectivity index (χ3n) is 2.98. The zero-order chi connectivity index (χ0) is 18.7. The monoisotopic (exact) mass is 340 g/mol. The van der Waals surface area contributed by atoms with Gasteiger partial charge in [-0.25, -0.2) is 9.59 Å². The third kappa shape index (κ3) is 8.97. The Bertz CT molecular complexity index is 481. The molecular weight excluding hydrogens is 312 g/mol. The number of rotatable bonds is 9. The number of ether oxygens (including phenoxy) is 2. The molecule has 0 saturated heterocycles. The van der Waals surface area contributed by atoms with E-state index in [0.717, 1.165) is 5.57 Å². The highest BCUT2D eigenvalue weighted by Gasteiger charge is 2.27. The highest BCUT2D eigenvalue weighted by molar-refractivity contribution is 5.89. The minimum atomic E-state index is -0.824. The average Bonchev–Trinajstić information content (AvgIpc) is 2.49. The maximum absolute atomic E-state index is 12.3. The van der Waals surface area contributed by atoms with Gasteiger partial charge in [0.1, 0.15) is 25.3 Å². The summed E-state index contributed by atoms with van der Waals surface area (Å²) >= 11 is 0. The fourth-order valence-electron chi connectivity index (χ4n) is 1.62. The number of carbonyl (C=O) groups excluding carboxylic acids is 3. The largest absolute Gasteiger partial charge is 0.460 e. The molecule has 0 aromatic heterocycles. The van der Waals surface area contributed by atoms with Gasteiger partial charge < -0.3 is 20.1 Å². The van der Waals surface area contributed by atoms with Crippen molar-refractivity contribution in [3.8, 4) is 0 Å².